The molecule has 0 spiro atoms. The zero-order valence-electron chi connectivity index (χ0n) is 10.4. The van der Waals surface area contributed by atoms with Gasteiger partial charge in [-0.05, 0) is 56.5 Å². The van der Waals surface area contributed by atoms with Crippen molar-refractivity contribution in [2.75, 3.05) is 13.1 Å². The first-order valence-corrected chi connectivity index (χ1v) is 7.24. The molecule has 1 saturated carbocycles. The predicted molar refractivity (Wildman–Crippen MR) is 76.2 cm³/mol. The van der Waals surface area contributed by atoms with Crippen LogP contribution in [0.2, 0.25) is 0 Å². The highest BCUT2D eigenvalue weighted by Gasteiger charge is 2.19. The van der Waals surface area contributed by atoms with Gasteiger partial charge in [0.1, 0.15) is 0 Å². The van der Waals surface area contributed by atoms with Crippen molar-refractivity contribution in [3.8, 4) is 0 Å². The highest BCUT2D eigenvalue weighted by molar-refractivity contribution is 9.10. The van der Waals surface area contributed by atoms with Crippen molar-refractivity contribution in [1.29, 1.82) is 0 Å². The first-order chi connectivity index (χ1) is 8.25. The van der Waals surface area contributed by atoms with E-state index in [-0.39, 0.29) is 0 Å². The van der Waals surface area contributed by atoms with Gasteiger partial charge < -0.3 is 10.6 Å². The fraction of sp³-hybridized carbons (Fsp3) is 0.571. The minimum absolute atomic E-state index is 0.837. The Balaban J connectivity index is 1.58. The van der Waals surface area contributed by atoms with Crippen LogP contribution in [0.5, 0.6) is 0 Å². The van der Waals surface area contributed by atoms with E-state index in [1.807, 2.05) is 0 Å². The number of benzene rings is 1. The van der Waals surface area contributed by atoms with Crippen LogP contribution in [0.3, 0.4) is 0 Å². The number of aryl methyl sites for hydroxylation is 1. The molecule has 0 aromatic heterocycles. The number of halogens is 1. The molecule has 17 heavy (non-hydrogen) atoms. The summed E-state index contributed by atoms with van der Waals surface area (Å²) in [5.41, 5.74) is 2.67. The molecule has 0 bridgehead atoms. The molecule has 1 fully saturated rings. The van der Waals surface area contributed by atoms with E-state index in [9.17, 15) is 0 Å². The molecule has 0 unspecified atom stereocenters. The van der Waals surface area contributed by atoms with E-state index in [0.29, 0.717) is 0 Å². The maximum atomic E-state index is 3.53. The summed E-state index contributed by atoms with van der Waals surface area (Å²) in [6.45, 7) is 5.34. The van der Waals surface area contributed by atoms with Crippen molar-refractivity contribution in [2.24, 2.45) is 0 Å². The highest BCUT2D eigenvalue weighted by Crippen LogP contribution is 2.18. The van der Waals surface area contributed by atoms with Gasteiger partial charge in [0, 0.05) is 17.1 Å². The number of rotatable bonds is 7. The Hall–Kier alpha value is -0.380. The van der Waals surface area contributed by atoms with Crippen molar-refractivity contribution in [1.82, 2.24) is 10.6 Å². The molecular weight excluding hydrogens is 276 g/mol. The molecular formula is C14H21BrN2. The van der Waals surface area contributed by atoms with E-state index < -0.39 is 0 Å². The highest BCUT2D eigenvalue weighted by atomic mass is 79.9. The Kier molecular flexibility index (Phi) is 5.01. The first-order valence-electron chi connectivity index (χ1n) is 6.45. The van der Waals surface area contributed by atoms with E-state index in [2.05, 4.69) is 51.7 Å². The van der Waals surface area contributed by atoms with Crippen LogP contribution in [-0.4, -0.2) is 19.1 Å². The summed E-state index contributed by atoms with van der Waals surface area (Å²) in [5, 5.41) is 7.01. The SMILES string of the molecule is Cc1cc(CNCCCNC2CC2)ccc1Br. The second-order valence-corrected chi connectivity index (χ2v) is 5.70. The predicted octanol–water partition coefficient (Wildman–Crippen LogP) is 2.99. The van der Waals surface area contributed by atoms with Gasteiger partial charge in [-0.15, -0.1) is 0 Å². The van der Waals surface area contributed by atoms with Gasteiger partial charge in [0.25, 0.3) is 0 Å². The van der Waals surface area contributed by atoms with Crippen molar-refractivity contribution < 1.29 is 0 Å². The van der Waals surface area contributed by atoms with Gasteiger partial charge in [-0.1, -0.05) is 28.1 Å². The summed E-state index contributed by atoms with van der Waals surface area (Å²) in [4.78, 5) is 0. The minimum Gasteiger partial charge on any atom is -0.314 e. The largest absolute Gasteiger partial charge is 0.314 e. The van der Waals surface area contributed by atoms with Crippen LogP contribution in [0, 0.1) is 6.92 Å². The molecule has 2 N–H and O–H groups in total. The number of hydrogen-bond acceptors (Lipinski definition) is 2. The van der Waals surface area contributed by atoms with E-state index in [1.54, 1.807) is 0 Å². The van der Waals surface area contributed by atoms with Crippen LogP contribution in [-0.2, 0) is 6.54 Å². The summed E-state index contributed by atoms with van der Waals surface area (Å²) in [7, 11) is 0. The Morgan fingerprint density at radius 2 is 2.12 bits per heavy atom. The lowest BCUT2D eigenvalue weighted by Crippen LogP contribution is -2.23. The van der Waals surface area contributed by atoms with E-state index in [1.165, 1.54) is 34.9 Å². The topological polar surface area (TPSA) is 24.1 Å². The van der Waals surface area contributed by atoms with E-state index in [4.69, 9.17) is 0 Å². The molecule has 1 aliphatic rings. The van der Waals surface area contributed by atoms with Crippen molar-refractivity contribution in [3.05, 3.63) is 33.8 Å². The van der Waals surface area contributed by atoms with Gasteiger partial charge in [0.05, 0.1) is 0 Å². The van der Waals surface area contributed by atoms with Gasteiger partial charge in [-0.25, -0.2) is 0 Å². The van der Waals surface area contributed by atoms with Crippen molar-refractivity contribution >= 4 is 15.9 Å². The van der Waals surface area contributed by atoms with E-state index >= 15 is 0 Å². The van der Waals surface area contributed by atoms with Crippen LogP contribution in [0.4, 0.5) is 0 Å². The minimum atomic E-state index is 0.837. The second-order valence-electron chi connectivity index (χ2n) is 4.84. The lowest BCUT2D eigenvalue weighted by Gasteiger charge is -2.07. The number of nitrogens with one attached hydrogen (secondary N) is 2. The Bertz CT molecular complexity index is 361. The molecule has 2 rings (SSSR count). The van der Waals surface area contributed by atoms with Crippen molar-refractivity contribution in [2.45, 2.75) is 38.8 Å². The molecule has 2 nitrogen and oxygen atoms in total. The molecule has 0 saturated heterocycles. The molecule has 0 aliphatic heterocycles. The standard InChI is InChI=1S/C14H21BrN2/c1-11-9-12(3-6-14(11)15)10-16-7-2-8-17-13-4-5-13/h3,6,9,13,16-17H,2,4-5,7-8,10H2,1H3. The quantitative estimate of drug-likeness (QED) is 0.756. The third kappa shape index (κ3) is 4.78. The third-order valence-corrected chi connectivity index (χ3v) is 3.98. The molecule has 0 heterocycles. The summed E-state index contributed by atoms with van der Waals surface area (Å²) in [6.07, 6.45) is 3.98. The second kappa shape index (κ2) is 6.53. The number of hydrogen-bond donors (Lipinski definition) is 2. The monoisotopic (exact) mass is 296 g/mol. The van der Waals surface area contributed by atoms with Gasteiger partial charge in [-0.2, -0.15) is 0 Å². The molecule has 1 aromatic rings. The maximum absolute atomic E-state index is 3.53. The average molecular weight is 297 g/mol. The summed E-state index contributed by atoms with van der Waals surface area (Å²) in [5.74, 6) is 0. The molecule has 0 amide bonds. The van der Waals surface area contributed by atoms with E-state index in [0.717, 1.165) is 25.7 Å². The van der Waals surface area contributed by atoms with Crippen molar-refractivity contribution in [3.63, 3.8) is 0 Å². The van der Waals surface area contributed by atoms with Gasteiger partial charge in [-0.3, -0.25) is 0 Å². The fourth-order valence-electron chi connectivity index (χ4n) is 1.86. The van der Waals surface area contributed by atoms with Crippen LogP contribution in [0.25, 0.3) is 0 Å². The molecule has 1 aromatic carbocycles. The van der Waals surface area contributed by atoms with Crippen LogP contribution in [0.15, 0.2) is 22.7 Å². The first kappa shape index (κ1) is 13.1. The Labute approximate surface area is 112 Å². The van der Waals surface area contributed by atoms with Gasteiger partial charge in [0.15, 0.2) is 0 Å². The Morgan fingerprint density at radius 1 is 1.29 bits per heavy atom. The van der Waals surface area contributed by atoms with Crippen LogP contribution < -0.4 is 10.6 Å². The zero-order valence-corrected chi connectivity index (χ0v) is 12.0. The smallest absolute Gasteiger partial charge is 0.0205 e. The molecule has 3 heteroatoms. The molecule has 0 radical (unpaired) electrons. The Morgan fingerprint density at radius 3 is 2.82 bits per heavy atom. The van der Waals surface area contributed by atoms with Crippen LogP contribution in [0.1, 0.15) is 30.4 Å². The molecule has 94 valence electrons. The zero-order chi connectivity index (χ0) is 12.1. The molecule has 1 aliphatic carbocycles. The van der Waals surface area contributed by atoms with Crippen LogP contribution >= 0.6 is 15.9 Å². The fourth-order valence-corrected chi connectivity index (χ4v) is 2.10. The normalized spacial score (nSPS) is 15.2. The molecule has 0 atom stereocenters. The summed E-state index contributed by atoms with van der Waals surface area (Å²) >= 11 is 3.52. The summed E-state index contributed by atoms with van der Waals surface area (Å²) in [6, 6.07) is 7.37. The lowest BCUT2D eigenvalue weighted by atomic mass is 10.1. The lowest BCUT2D eigenvalue weighted by molar-refractivity contribution is 0.593. The maximum Gasteiger partial charge on any atom is 0.0205 e. The van der Waals surface area contributed by atoms with Gasteiger partial charge in [0.2, 0.25) is 0 Å². The summed E-state index contributed by atoms with van der Waals surface area (Å²) < 4.78 is 1.19. The third-order valence-electron chi connectivity index (χ3n) is 3.09. The van der Waals surface area contributed by atoms with Gasteiger partial charge >= 0.3 is 0 Å². The average Bonchev–Trinajstić information content (AvgIpc) is 3.12.